The number of piperidine rings is 1. The summed E-state index contributed by atoms with van der Waals surface area (Å²) in [5.41, 5.74) is 1.70. The van der Waals surface area contributed by atoms with E-state index in [1.54, 1.807) is 24.3 Å². The highest BCUT2D eigenvalue weighted by atomic mass is 16.4. The summed E-state index contributed by atoms with van der Waals surface area (Å²) in [6.07, 6.45) is 0.383. The van der Waals surface area contributed by atoms with Crippen LogP contribution < -0.4 is 5.32 Å². The lowest BCUT2D eigenvalue weighted by atomic mass is 9.87. The second kappa shape index (κ2) is 7.96. The molecule has 0 spiro atoms. The lowest BCUT2D eigenvalue weighted by molar-refractivity contribution is -0.114. The average molecular weight is 380 g/mol. The molecule has 1 aromatic heterocycles. The molecule has 2 aromatic rings. The number of phenolic OH excluding ortho intramolecular Hbond substituents is 1. The van der Waals surface area contributed by atoms with Crippen LogP contribution in [0.5, 0.6) is 5.75 Å². The molecular formula is C20H20N4O4. The van der Waals surface area contributed by atoms with Crippen LogP contribution in [-0.2, 0) is 4.79 Å². The number of nitriles is 1. The van der Waals surface area contributed by atoms with Gasteiger partial charge in [-0.05, 0) is 36.6 Å². The number of nitrogens with zero attached hydrogens (tertiary/aromatic N) is 3. The quantitative estimate of drug-likeness (QED) is 0.751. The van der Waals surface area contributed by atoms with Gasteiger partial charge in [0.25, 0.3) is 0 Å². The number of amides is 2. The highest BCUT2D eigenvalue weighted by Gasteiger charge is 2.28. The van der Waals surface area contributed by atoms with Crippen LogP contribution in [0.3, 0.4) is 0 Å². The van der Waals surface area contributed by atoms with Crippen LogP contribution in [-0.4, -0.2) is 45.2 Å². The highest BCUT2D eigenvalue weighted by Crippen LogP contribution is 2.36. The fourth-order valence-electron chi connectivity index (χ4n) is 3.49. The maximum atomic E-state index is 11.6. The minimum Gasteiger partial charge on any atom is -0.507 e. The van der Waals surface area contributed by atoms with E-state index in [0.29, 0.717) is 36.2 Å². The Morgan fingerprint density at radius 2 is 2.11 bits per heavy atom. The van der Waals surface area contributed by atoms with Crippen LogP contribution in [0.2, 0.25) is 0 Å². The number of nitrogens with one attached hydrogen (secondary N) is 1. The number of carbonyl (C=O) groups is 2. The van der Waals surface area contributed by atoms with Crippen molar-refractivity contribution in [1.82, 2.24) is 9.88 Å². The molecule has 1 unspecified atom stereocenters. The van der Waals surface area contributed by atoms with Crippen molar-refractivity contribution in [2.24, 2.45) is 0 Å². The average Bonchev–Trinajstić information content (AvgIpc) is 2.67. The number of rotatable bonds is 3. The number of hydrogen-bond acceptors (Lipinski definition) is 5. The lowest BCUT2D eigenvalue weighted by Gasteiger charge is -2.31. The number of para-hydroxylation sites is 1. The van der Waals surface area contributed by atoms with Crippen molar-refractivity contribution >= 4 is 17.8 Å². The van der Waals surface area contributed by atoms with Crippen molar-refractivity contribution in [2.45, 2.75) is 25.7 Å². The molecule has 3 rings (SSSR count). The smallest absolute Gasteiger partial charge is 0.407 e. The van der Waals surface area contributed by atoms with Gasteiger partial charge in [0.15, 0.2) is 5.82 Å². The molecule has 0 bridgehead atoms. The summed E-state index contributed by atoms with van der Waals surface area (Å²) in [6, 6.07) is 10.5. The predicted molar refractivity (Wildman–Crippen MR) is 102 cm³/mol. The Morgan fingerprint density at radius 1 is 1.36 bits per heavy atom. The summed E-state index contributed by atoms with van der Waals surface area (Å²) in [7, 11) is 0. The predicted octanol–water partition coefficient (Wildman–Crippen LogP) is 3.14. The number of aromatic nitrogens is 1. The van der Waals surface area contributed by atoms with Gasteiger partial charge in [0, 0.05) is 31.5 Å². The van der Waals surface area contributed by atoms with Crippen LogP contribution in [0, 0.1) is 11.3 Å². The zero-order valence-corrected chi connectivity index (χ0v) is 15.3. The van der Waals surface area contributed by atoms with Crippen LogP contribution in [0.15, 0.2) is 30.3 Å². The number of aromatic hydroxyl groups is 1. The van der Waals surface area contributed by atoms with E-state index in [4.69, 9.17) is 0 Å². The van der Waals surface area contributed by atoms with Crippen LogP contribution >= 0.6 is 0 Å². The van der Waals surface area contributed by atoms with Crippen molar-refractivity contribution in [1.29, 1.82) is 5.26 Å². The number of benzene rings is 1. The van der Waals surface area contributed by atoms with Gasteiger partial charge in [0.1, 0.15) is 11.8 Å². The fourth-order valence-corrected chi connectivity index (χ4v) is 3.49. The zero-order valence-electron chi connectivity index (χ0n) is 15.3. The SMILES string of the molecule is CC(=O)Nc1nc(-c2ccccc2O)cc(C2CCCN(C(=O)O)C2)c1C#N. The Balaban J connectivity index is 2.15. The fraction of sp³-hybridized carbons (Fsp3) is 0.300. The molecule has 1 aliphatic heterocycles. The number of likely N-dealkylation sites (tertiary alicyclic amines) is 1. The normalized spacial score (nSPS) is 16.3. The monoisotopic (exact) mass is 380 g/mol. The van der Waals surface area contributed by atoms with Crippen molar-refractivity contribution in [3.05, 3.63) is 41.5 Å². The minimum absolute atomic E-state index is 0.0234. The number of hydrogen-bond donors (Lipinski definition) is 3. The van der Waals surface area contributed by atoms with Crippen molar-refractivity contribution < 1.29 is 19.8 Å². The molecule has 1 aromatic carbocycles. The Hall–Kier alpha value is -3.60. The summed E-state index contributed by atoms with van der Waals surface area (Å²) in [5, 5.41) is 31.8. The standard InChI is InChI=1S/C20H20N4O4/c1-12(25)22-19-16(10-21)15(13-5-4-8-24(11-13)20(27)28)9-17(23-19)14-6-2-3-7-18(14)26/h2-3,6-7,9,13,26H,4-5,8,11H2,1H3,(H,27,28)(H,22,23,25). The van der Waals surface area contributed by atoms with Crippen LogP contribution in [0.1, 0.15) is 36.8 Å². The molecule has 1 atom stereocenters. The molecule has 8 heteroatoms. The first-order valence-corrected chi connectivity index (χ1v) is 8.89. The summed E-state index contributed by atoms with van der Waals surface area (Å²) in [5.74, 6) is -0.451. The molecule has 2 amide bonds. The summed E-state index contributed by atoms with van der Waals surface area (Å²) < 4.78 is 0. The molecule has 8 nitrogen and oxygen atoms in total. The van der Waals surface area contributed by atoms with E-state index in [9.17, 15) is 25.1 Å². The van der Waals surface area contributed by atoms with E-state index < -0.39 is 6.09 Å². The number of pyridine rings is 1. The molecule has 144 valence electrons. The number of phenols is 1. The Labute approximate surface area is 162 Å². The highest BCUT2D eigenvalue weighted by molar-refractivity contribution is 5.90. The first kappa shape index (κ1) is 19.2. The zero-order chi connectivity index (χ0) is 20.3. The molecule has 1 aliphatic rings. The van der Waals surface area contributed by atoms with E-state index in [-0.39, 0.29) is 35.5 Å². The van der Waals surface area contributed by atoms with E-state index in [1.165, 1.54) is 17.9 Å². The van der Waals surface area contributed by atoms with Gasteiger partial charge in [-0.3, -0.25) is 4.79 Å². The first-order valence-electron chi connectivity index (χ1n) is 8.89. The van der Waals surface area contributed by atoms with Gasteiger partial charge in [-0.2, -0.15) is 5.26 Å². The molecule has 0 saturated carbocycles. The summed E-state index contributed by atoms with van der Waals surface area (Å²) in [6.45, 7) is 2.03. The van der Waals surface area contributed by atoms with E-state index >= 15 is 0 Å². The molecule has 0 aliphatic carbocycles. The summed E-state index contributed by atoms with van der Waals surface area (Å²) in [4.78, 5) is 28.7. The molecule has 1 fully saturated rings. The van der Waals surface area contributed by atoms with Gasteiger partial charge in [-0.15, -0.1) is 0 Å². The van der Waals surface area contributed by atoms with Gasteiger partial charge in [-0.25, -0.2) is 9.78 Å². The molecule has 28 heavy (non-hydrogen) atoms. The van der Waals surface area contributed by atoms with Crippen LogP contribution in [0.4, 0.5) is 10.6 Å². The van der Waals surface area contributed by atoms with E-state index in [2.05, 4.69) is 16.4 Å². The number of anilines is 1. The number of carboxylic acid groups (broad SMARTS) is 1. The van der Waals surface area contributed by atoms with Gasteiger partial charge in [-0.1, -0.05) is 12.1 Å². The third kappa shape index (κ3) is 3.88. The van der Waals surface area contributed by atoms with Crippen molar-refractivity contribution in [3.63, 3.8) is 0 Å². The second-order valence-electron chi connectivity index (χ2n) is 6.70. The third-order valence-corrected chi connectivity index (χ3v) is 4.77. The Kier molecular flexibility index (Phi) is 5.45. The van der Waals surface area contributed by atoms with Crippen molar-refractivity contribution in [3.8, 4) is 23.1 Å². The Bertz CT molecular complexity index is 967. The maximum absolute atomic E-state index is 11.6. The third-order valence-electron chi connectivity index (χ3n) is 4.77. The molecule has 0 radical (unpaired) electrons. The van der Waals surface area contributed by atoms with Crippen molar-refractivity contribution in [2.75, 3.05) is 18.4 Å². The second-order valence-corrected chi connectivity index (χ2v) is 6.70. The first-order chi connectivity index (χ1) is 13.4. The van der Waals surface area contributed by atoms with Gasteiger partial charge >= 0.3 is 6.09 Å². The van der Waals surface area contributed by atoms with Crippen LogP contribution in [0.25, 0.3) is 11.3 Å². The minimum atomic E-state index is -1.000. The topological polar surface area (TPSA) is 127 Å². The number of carbonyl (C=O) groups excluding carboxylic acids is 1. The van der Waals surface area contributed by atoms with E-state index in [0.717, 1.165) is 0 Å². The summed E-state index contributed by atoms with van der Waals surface area (Å²) >= 11 is 0. The lowest BCUT2D eigenvalue weighted by Crippen LogP contribution is -2.38. The van der Waals surface area contributed by atoms with Gasteiger partial charge < -0.3 is 20.4 Å². The Morgan fingerprint density at radius 3 is 2.75 bits per heavy atom. The molecule has 3 N–H and O–H groups in total. The van der Waals surface area contributed by atoms with Gasteiger partial charge in [0.2, 0.25) is 5.91 Å². The van der Waals surface area contributed by atoms with E-state index in [1.807, 2.05) is 0 Å². The molecule has 1 saturated heterocycles. The molecular weight excluding hydrogens is 360 g/mol. The largest absolute Gasteiger partial charge is 0.507 e. The molecule has 2 heterocycles. The maximum Gasteiger partial charge on any atom is 0.407 e. The van der Waals surface area contributed by atoms with Gasteiger partial charge in [0.05, 0.1) is 11.3 Å².